The van der Waals surface area contributed by atoms with E-state index in [-0.39, 0.29) is 5.69 Å². The summed E-state index contributed by atoms with van der Waals surface area (Å²) in [7, 11) is 0. The van der Waals surface area contributed by atoms with Crippen LogP contribution in [0.2, 0.25) is 5.02 Å². The molecule has 3 aromatic carbocycles. The molecule has 0 unspecified atom stereocenters. The Morgan fingerprint density at radius 3 is 2.26 bits per heavy atom. The number of aromatic nitrogens is 1. The summed E-state index contributed by atoms with van der Waals surface area (Å²) in [6.07, 6.45) is 3.15. The van der Waals surface area contributed by atoms with E-state index in [2.05, 4.69) is 23.0 Å². The van der Waals surface area contributed by atoms with Crippen LogP contribution in [0.15, 0.2) is 78.9 Å². The maximum absolute atomic E-state index is 13.0. The number of hydrogen-bond acceptors (Lipinski definition) is 3. The molecule has 0 aliphatic rings. The maximum Gasteiger partial charge on any atom is 0.328 e. The molecule has 0 bridgehead atoms. The Labute approximate surface area is 208 Å². The Morgan fingerprint density at radius 1 is 0.829 bits per heavy atom. The molecule has 7 nitrogen and oxygen atoms in total. The molecule has 0 saturated carbocycles. The van der Waals surface area contributed by atoms with E-state index in [4.69, 9.17) is 11.6 Å². The van der Waals surface area contributed by atoms with Gasteiger partial charge in [-0.3, -0.25) is 19.8 Å². The zero-order chi connectivity index (χ0) is 24.8. The Morgan fingerprint density at radius 2 is 1.54 bits per heavy atom. The first-order valence-corrected chi connectivity index (χ1v) is 11.7. The number of halogens is 1. The highest BCUT2D eigenvalue weighted by Gasteiger charge is 2.21. The van der Waals surface area contributed by atoms with Gasteiger partial charge in [-0.05, 0) is 66.9 Å². The highest BCUT2D eigenvalue weighted by molar-refractivity contribution is 6.42. The minimum atomic E-state index is -0.915. The van der Waals surface area contributed by atoms with Gasteiger partial charge in [0.25, 0.3) is 5.91 Å². The molecule has 0 atom stereocenters. The second-order valence-electron chi connectivity index (χ2n) is 8.08. The van der Waals surface area contributed by atoms with Crippen LogP contribution in [0.1, 0.15) is 35.8 Å². The van der Waals surface area contributed by atoms with Crippen molar-refractivity contribution >= 4 is 51.6 Å². The van der Waals surface area contributed by atoms with Gasteiger partial charge in [0.15, 0.2) is 0 Å². The van der Waals surface area contributed by atoms with Crippen molar-refractivity contribution in [1.29, 1.82) is 0 Å². The van der Waals surface area contributed by atoms with Crippen LogP contribution in [0, 0.1) is 0 Å². The zero-order valence-electron chi connectivity index (χ0n) is 19.2. The van der Waals surface area contributed by atoms with Gasteiger partial charge in [-0.15, -0.1) is 0 Å². The average molecular weight is 489 g/mol. The monoisotopic (exact) mass is 488 g/mol. The van der Waals surface area contributed by atoms with Crippen LogP contribution in [-0.2, 0) is 16.0 Å². The van der Waals surface area contributed by atoms with Gasteiger partial charge in [0.05, 0.1) is 5.52 Å². The topological polar surface area (TPSA) is 92.2 Å². The molecule has 0 spiro atoms. The molecule has 4 aromatic rings. The number of carbonyl (C=O) groups is 3. The summed E-state index contributed by atoms with van der Waals surface area (Å²) in [5, 5.41) is 6.51. The molecule has 1 heterocycles. The number of anilines is 2. The largest absolute Gasteiger partial charge is 0.328 e. The van der Waals surface area contributed by atoms with Crippen LogP contribution in [0.25, 0.3) is 10.9 Å². The lowest BCUT2D eigenvalue weighted by Gasteiger charge is -2.13. The summed E-state index contributed by atoms with van der Waals surface area (Å²) in [4.78, 5) is 38.4. The number of benzene rings is 3. The van der Waals surface area contributed by atoms with Crippen LogP contribution in [0.3, 0.4) is 0 Å². The van der Waals surface area contributed by atoms with Crippen molar-refractivity contribution in [3.8, 4) is 0 Å². The summed E-state index contributed by atoms with van der Waals surface area (Å²) in [5.74, 6) is -2.22. The minimum Gasteiger partial charge on any atom is -0.321 e. The van der Waals surface area contributed by atoms with E-state index < -0.39 is 17.7 Å². The third-order valence-electron chi connectivity index (χ3n) is 5.48. The van der Waals surface area contributed by atoms with Crippen molar-refractivity contribution in [3.63, 3.8) is 0 Å². The molecule has 3 amide bonds. The predicted molar refractivity (Wildman–Crippen MR) is 139 cm³/mol. The molecule has 0 saturated heterocycles. The van der Waals surface area contributed by atoms with Gasteiger partial charge < -0.3 is 10.6 Å². The van der Waals surface area contributed by atoms with Crippen LogP contribution in [-0.4, -0.2) is 22.4 Å². The molecule has 1 aromatic heterocycles. The van der Waals surface area contributed by atoms with Crippen molar-refractivity contribution < 1.29 is 14.4 Å². The number of fused-ring (bicyclic) bond motifs is 1. The van der Waals surface area contributed by atoms with Crippen LogP contribution >= 0.6 is 11.6 Å². The number of hydrogen-bond donors (Lipinski definition) is 3. The Bertz CT molecular complexity index is 1360. The molecular formula is C27H25ClN4O3. The Kier molecular flexibility index (Phi) is 7.48. The van der Waals surface area contributed by atoms with Crippen molar-refractivity contribution in [3.05, 3.63) is 95.1 Å². The molecule has 0 radical (unpaired) electrons. The van der Waals surface area contributed by atoms with Crippen LogP contribution < -0.4 is 16.1 Å². The molecule has 178 valence electrons. The lowest BCUT2D eigenvalue weighted by molar-refractivity contribution is -0.133. The molecule has 0 aliphatic carbocycles. The highest BCUT2D eigenvalue weighted by Crippen LogP contribution is 2.23. The van der Waals surface area contributed by atoms with E-state index in [1.807, 2.05) is 18.2 Å². The fourth-order valence-electron chi connectivity index (χ4n) is 3.67. The molecule has 8 heteroatoms. The third kappa shape index (κ3) is 5.88. The first-order chi connectivity index (χ1) is 16.9. The van der Waals surface area contributed by atoms with Gasteiger partial charge in [-0.2, -0.15) is 0 Å². The average Bonchev–Trinajstić information content (AvgIpc) is 3.21. The zero-order valence-corrected chi connectivity index (χ0v) is 19.9. The van der Waals surface area contributed by atoms with E-state index in [1.54, 1.807) is 60.7 Å². The lowest BCUT2D eigenvalue weighted by Crippen LogP contribution is -2.36. The summed E-state index contributed by atoms with van der Waals surface area (Å²) in [5.41, 5.74) is 5.48. The number of para-hydroxylation sites is 1. The molecule has 3 N–H and O–H groups in total. The minimum absolute atomic E-state index is 0.146. The summed E-state index contributed by atoms with van der Waals surface area (Å²) >= 11 is 6.11. The summed E-state index contributed by atoms with van der Waals surface area (Å²) < 4.78 is 1.29. The van der Waals surface area contributed by atoms with E-state index in [1.165, 1.54) is 10.2 Å². The standard InChI is InChI=1S/C27H25ClN4O3/c1-2-3-7-18-10-13-22(14-11-18)30-26(34)27(35)31-32-23-15-12-20(28)16-19(23)17-24(32)25(33)29-21-8-5-4-6-9-21/h4-6,8-17H,2-3,7H2,1H3,(H,29,33)(H,30,34)(H,31,35). The summed E-state index contributed by atoms with van der Waals surface area (Å²) in [6.45, 7) is 2.13. The number of rotatable bonds is 7. The first-order valence-electron chi connectivity index (χ1n) is 11.3. The number of unbranched alkanes of at least 4 members (excludes halogenated alkanes) is 1. The smallest absolute Gasteiger partial charge is 0.321 e. The Balaban J connectivity index is 1.54. The molecule has 0 fully saturated rings. The third-order valence-corrected chi connectivity index (χ3v) is 5.71. The lowest BCUT2D eigenvalue weighted by atomic mass is 10.1. The molecule has 35 heavy (non-hydrogen) atoms. The van der Waals surface area contributed by atoms with Gasteiger partial charge >= 0.3 is 11.8 Å². The van der Waals surface area contributed by atoms with Crippen molar-refractivity contribution in [2.24, 2.45) is 0 Å². The van der Waals surface area contributed by atoms with Crippen LogP contribution in [0.5, 0.6) is 0 Å². The molecule has 4 rings (SSSR count). The number of aryl methyl sites for hydroxylation is 1. The van der Waals surface area contributed by atoms with Crippen molar-refractivity contribution in [2.45, 2.75) is 26.2 Å². The quantitative estimate of drug-likeness (QED) is 0.296. The van der Waals surface area contributed by atoms with Gasteiger partial charge in [-0.1, -0.05) is 55.3 Å². The van der Waals surface area contributed by atoms with Crippen molar-refractivity contribution in [2.75, 3.05) is 16.1 Å². The van der Waals surface area contributed by atoms with Gasteiger partial charge in [-0.25, -0.2) is 4.68 Å². The number of amides is 3. The van der Waals surface area contributed by atoms with Gasteiger partial charge in [0.2, 0.25) is 0 Å². The first kappa shape index (κ1) is 24.0. The summed E-state index contributed by atoms with van der Waals surface area (Å²) in [6, 6.07) is 22.9. The molecule has 0 aliphatic heterocycles. The Hall–Kier alpha value is -4.10. The van der Waals surface area contributed by atoms with E-state index in [0.29, 0.717) is 27.3 Å². The number of nitrogens with zero attached hydrogens (tertiary/aromatic N) is 1. The van der Waals surface area contributed by atoms with Crippen molar-refractivity contribution in [1.82, 2.24) is 4.68 Å². The van der Waals surface area contributed by atoms with E-state index in [0.717, 1.165) is 19.3 Å². The van der Waals surface area contributed by atoms with Gasteiger partial charge in [0.1, 0.15) is 5.69 Å². The normalized spacial score (nSPS) is 10.7. The van der Waals surface area contributed by atoms with Gasteiger partial charge in [0, 0.05) is 21.8 Å². The van der Waals surface area contributed by atoms with E-state index in [9.17, 15) is 14.4 Å². The molecular weight excluding hydrogens is 464 g/mol. The fraction of sp³-hybridized carbons (Fsp3) is 0.148. The second-order valence-corrected chi connectivity index (χ2v) is 8.52. The SMILES string of the molecule is CCCCc1ccc(NC(=O)C(=O)Nn2c(C(=O)Nc3ccccc3)cc3cc(Cl)ccc32)cc1. The van der Waals surface area contributed by atoms with Crippen LogP contribution in [0.4, 0.5) is 11.4 Å². The maximum atomic E-state index is 13.0. The van der Waals surface area contributed by atoms with E-state index >= 15 is 0 Å². The number of carbonyl (C=O) groups excluding carboxylic acids is 3. The highest BCUT2D eigenvalue weighted by atomic mass is 35.5. The second kappa shape index (κ2) is 10.9. The number of nitrogens with one attached hydrogen (secondary N) is 3. The predicted octanol–water partition coefficient (Wildman–Crippen LogP) is 5.60. The fourth-order valence-corrected chi connectivity index (χ4v) is 3.85.